The molecule has 0 atom stereocenters. The van der Waals surface area contributed by atoms with E-state index in [4.69, 9.17) is 29.3 Å². The lowest BCUT2D eigenvalue weighted by Crippen LogP contribution is -2.41. The van der Waals surface area contributed by atoms with Gasteiger partial charge in [0.25, 0.3) is 0 Å². The molecule has 192 valence electrons. The third kappa shape index (κ3) is 5.03. The first-order valence-corrected chi connectivity index (χ1v) is 13.3. The van der Waals surface area contributed by atoms with Crippen LogP contribution in [0.25, 0.3) is 16.3 Å². The van der Waals surface area contributed by atoms with Gasteiger partial charge in [0.2, 0.25) is 11.8 Å². The Morgan fingerprint density at radius 2 is 1.66 bits per heavy atom. The Kier molecular flexibility index (Phi) is 6.74. The Hall–Kier alpha value is -3.71. The van der Waals surface area contributed by atoms with Crippen LogP contribution in [0.15, 0.2) is 53.9 Å². The van der Waals surface area contributed by atoms with Crippen LogP contribution >= 0.6 is 11.3 Å². The van der Waals surface area contributed by atoms with E-state index in [1.165, 1.54) is 17.4 Å². The standard InChI is InChI=1S/C29H29BN4O3S/c1-18-16-20(8-7-14-31)17-19(2)24(18)35-25-23-13-15-38-26(23)34-27(33-25)32-22-11-9-21(10-12-22)30-36-28(3,4)29(5,6)37-30/h7-13,15-17H,1-6H3,(H,32,33,34)/b8-7+. The van der Waals surface area contributed by atoms with Gasteiger partial charge in [0, 0.05) is 11.8 Å². The summed E-state index contributed by atoms with van der Waals surface area (Å²) in [7, 11) is -0.416. The van der Waals surface area contributed by atoms with E-state index in [1.807, 2.05) is 95.5 Å². The smallest absolute Gasteiger partial charge is 0.438 e. The number of hydrogen-bond donors (Lipinski definition) is 1. The van der Waals surface area contributed by atoms with Gasteiger partial charge >= 0.3 is 7.12 Å². The number of aryl methyl sites for hydroxylation is 2. The Morgan fingerprint density at radius 3 is 2.29 bits per heavy atom. The minimum atomic E-state index is -0.416. The molecule has 38 heavy (non-hydrogen) atoms. The maximum atomic E-state index is 8.84. The zero-order chi connectivity index (χ0) is 27.1. The van der Waals surface area contributed by atoms with Crippen LogP contribution in [0, 0.1) is 25.2 Å². The Balaban J connectivity index is 1.39. The molecule has 4 aromatic rings. The average molecular weight is 524 g/mol. The second-order valence-electron chi connectivity index (χ2n) is 10.4. The maximum Gasteiger partial charge on any atom is 0.494 e. The van der Waals surface area contributed by atoms with E-state index in [-0.39, 0.29) is 11.2 Å². The van der Waals surface area contributed by atoms with Crippen LogP contribution in [0.1, 0.15) is 44.4 Å². The highest BCUT2D eigenvalue weighted by Crippen LogP contribution is 2.37. The third-order valence-electron chi connectivity index (χ3n) is 7.01. The number of nitriles is 1. The summed E-state index contributed by atoms with van der Waals surface area (Å²) < 4.78 is 18.7. The van der Waals surface area contributed by atoms with Crippen LogP contribution < -0.4 is 15.5 Å². The van der Waals surface area contributed by atoms with Crippen LogP contribution in [0.5, 0.6) is 11.6 Å². The molecule has 1 fully saturated rings. The van der Waals surface area contributed by atoms with Crippen molar-refractivity contribution in [3.05, 3.63) is 70.6 Å². The van der Waals surface area contributed by atoms with E-state index in [2.05, 4.69) is 5.32 Å². The molecule has 0 radical (unpaired) electrons. The molecule has 0 saturated carbocycles. The monoisotopic (exact) mass is 524 g/mol. The molecule has 2 aromatic heterocycles. The molecule has 0 unspecified atom stereocenters. The van der Waals surface area contributed by atoms with Gasteiger partial charge in [-0.25, -0.2) is 4.98 Å². The topological polar surface area (TPSA) is 89.3 Å². The van der Waals surface area contributed by atoms with Crippen molar-refractivity contribution in [3.63, 3.8) is 0 Å². The third-order valence-corrected chi connectivity index (χ3v) is 7.82. The van der Waals surface area contributed by atoms with Crippen molar-refractivity contribution in [3.8, 4) is 17.7 Å². The van der Waals surface area contributed by atoms with Crippen LogP contribution in [-0.2, 0) is 9.31 Å². The first-order valence-electron chi connectivity index (χ1n) is 12.4. The maximum absolute atomic E-state index is 8.84. The summed E-state index contributed by atoms with van der Waals surface area (Å²) in [6.07, 6.45) is 3.25. The summed E-state index contributed by atoms with van der Waals surface area (Å²) in [5.74, 6) is 1.67. The molecular weight excluding hydrogens is 495 g/mol. The highest BCUT2D eigenvalue weighted by Gasteiger charge is 2.51. The van der Waals surface area contributed by atoms with E-state index in [0.717, 1.165) is 43.8 Å². The average Bonchev–Trinajstić information content (AvgIpc) is 3.41. The summed E-state index contributed by atoms with van der Waals surface area (Å²) in [6.45, 7) is 12.2. The molecule has 7 nitrogen and oxygen atoms in total. The minimum absolute atomic E-state index is 0.390. The summed E-state index contributed by atoms with van der Waals surface area (Å²) >= 11 is 1.53. The Morgan fingerprint density at radius 1 is 1.00 bits per heavy atom. The molecule has 0 spiro atoms. The zero-order valence-electron chi connectivity index (χ0n) is 22.3. The van der Waals surface area contributed by atoms with Crippen molar-refractivity contribution in [2.24, 2.45) is 0 Å². The molecule has 1 aliphatic heterocycles. The van der Waals surface area contributed by atoms with Gasteiger partial charge in [-0.05, 0) is 105 Å². The molecule has 1 saturated heterocycles. The normalized spacial score (nSPS) is 16.2. The molecule has 2 aromatic carbocycles. The number of anilines is 2. The van der Waals surface area contributed by atoms with Gasteiger partial charge < -0.3 is 19.4 Å². The van der Waals surface area contributed by atoms with Gasteiger partial charge in [0.1, 0.15) is 10.6 Å². The van der Waals surface area contributed by atoms with Crippen molar-refractivity contribution in [2.45, 2.75) is 52.7 Å². The van der Waals surface area contributed by atoms with Crippen molar-refractivity contribution < 1.29 is 14.0 Å². The molecule has 1 N–H and O–H groups in total. The van der Waals surface area contributed by atoms with Crippen molar-refractivity contribution in [1.82, 2.24) is 9.97 Å². The number of aromatic nitrogens is 2. The number of hydrogen-bond acceptors (Lipinski definition) is 8. The number of ether oxygens (including phenoxy) is 1. The Labute approximate surface area is 227 Å². The second kappa shape index (κ2) is 9.88. The summed E-state index contributed by atoms with van der Waals surface area (Å²) in [5.41, 5.74) is 3.87. The van der Waals surface area contributed by atoms with Gasteiger partial charge in [-0.15, -0.1) is 11.3 Å². The second-order valence-corrected chi connectivity index (χ2v) is 11.3. The predicted octanol–water partition coefficient (Wildman–Crippen LogP) is 6.68. The molecule has 1 aliphatic rings. The highest BCUT2D eigenvalue weighted by atomic mass is 32.1. The number of thiophene rings is 1. The minimum Gasteiger partial charge on any atom is -0.438 e. The molecular formula is C29H29BN4O3S. The molecule has 3 heterocycles. The number of rotatable bonds is 6. The van der Waals surface area contributed by atoms with Crippen molar-refractivity contribution in [1.29, 1.82) is 5.26 Å². The van der Waals surface area contributed by atoms with Crippen molar-refractivity contribution in [2.75, 3.05) is 5.32 Å². The number of benzene rings is 2. The van der Waals surface area contributed by atoms with Gasteiger partial charge in [-0.1, -0.05) is 12.1 Å². The molecule has 5 rings (SSSR count). The van der Waals surface area contributed by atoms with Gasteiger partial charge in [0.15, 0.2) is 0 Å². The number of fused-ring (bicyclic) bond motifs is 1. The van der Waals surface area contributed by atoms with Gasteiger partial charge in [-0.3, -0.25) is 0 Å². The lowest BCUT2D eigenvalue weighted by molar-refractivity contribution is 0.00578. The van der Waals surface area contributed by atoms with E-state index < -0.39 is 7.12 Å². The first kappa shape index (κ1) is 25.9. The largest absolute Gasteiger partial charge is 0.494 e. The lowest BCUT2D eigenvalue weighted by atomic mass is 9.79. The van der Waals surface area contributed by atoms with Crippen LogP contribution in [-0.4, -0.2) is 28.3 Å². The van der Waals surface area contributed by atoms with E-state index >= 15 is 0 Å². The fraction of sp³-hybridized carbons (Fsp3) is 0.276. The number of allylic oxidation sites excluding steroid dienone is 1. The fourth-order valence-electron chi connectivity index (χ4n) is 4.26. The van der Waals surface area contributed by atoms with Crippen LogP contribution in [0.4, 0.5) is 11.6 Å². The van der Waals surface area contributed by atoms with E-state index in [9.17, 15) is 0 Å². The number of nitrogens with zero attached hydrogens (tertiary/aromatic N) is 3. The van der Waals surface area contributed by atoms with Gasteiger partial charge in [0.05, 0.1) is 22.7 Å². The lowest BCUT2D eigenvalue weighted by Gasteiger charge is -2.32. The van der Waals surface area contributed by atoms with Crippen LogP contribution in [0.2, 0.25) is 0 Å². The van der Waals surface area contributed by atoms with Gasteiger partial charge in [-0.2, -0.15) is 10.2 Å². The quantitative estimate of drug-likeness (QED) is 0.222. The predicted molar refractivity (Wildman–Crippen MR) is 153 cm³/mol. The Bertz CT molecular complexity index is 1530. The molecule has 0 aliphatic carbocycles. The van der Waals surface area contributed by atoms with E-state index in [1.54, 1.807) is 6.08 Å². The molecule has 0 bridgehead atoms. The van der Waals surface area contributed by atoms with Crippen LogP contribution in [0.3, 0.4) is 0 Å². The fourth-order valence-corrected chi connectivity index (χ4v) is 5.02. The van der Waals surface area contributed by atoms with Crippen molar-refractivity contribution >= 4 is 51.8 Å². The summed E-state index contributed by atoms with van der Waals surface area (Å²) in [4.78, 5) is 10.2. The summed E-state index contributed by atoms with van der Waals surface area (Å²) in [6, 6.07) is 15.9. The SMILES string of the molecule is Cc1cc(/C=C/C#N)cc(C)c1Oc1nc(Nc2ccc(B3OC(C)(C)C(C)(C)O3)cc2)nc2sccc12. The number of nitrogens with one attached hydrogen (secondary N) is 1. The summed E-state index contributed by atoms with van der Waals surface area (Å²) in [5, 5.41) is 15.0. The molecule has 0 amide bonds. The first-order chi connectivity index (χ1) is 18.1. The highest BCUT2D eigenvalue weighted by molar-refractivity contribution is 7.16. The zero-order valence-corrected chi connectivity index (χ0v) is 23.1. The molecule has 9 heteroatoms. The van der Waals surface area contributed by atoms with E-state index in [0.29, 0.717) is 11.8 Å².